The summed E-state index contributed by atoms with van der Waals surface area (Å²) in [4.78, 5) is 4.34. The van der Waals surface area contributed by atoms with Crippen molar-refractivity contribution in [1.82, 2.24) is 10.1 Å². The Morgan fingerprint density at radius 2 is 2.18 bits per heavy atom. The van der Waals surface area contributed by atoms with Gasteiger partial charge < -0.3 is 4.52 Å². The minimum atomic E-state index is 0.297. The molecule has 1 aromatic heterocycles. The second-order valence-corrected chi connectivity index (χ2v) is 5.07. The van der Waals surface area contributed by atoms with Crippen LogP contribution in [0.1, 0.15) is 34.7 Å². The van der Waals surface area contributed by atoms with Crippen molar-refractivity contribution < 1.29 is 4.52 Å². The summed E-state index contributed by atoms with van der Waals surface area (Å²) in [6.45, 7) is 0. The molecular formula is C13H11ClN2O. The number of hydrogen-bond acceptors (Lipinski definition) is 3. The molecule has 0 aliphatic heterocycles. The molecule has 2 aliphatic rings. The summed E-state index contributed by atoms with van der Waals surface area (Å²) in [5.74, 6) is 3.39. The van der Waals surface area contributed by atoms with E-state index in [1.54, 1.807) is 0 Å². The van der Waals surface area contributed by atoms with E-state index in [0.717, 1.165) is 12.2 Å². The first-order valence-corrected chi connectivity index (χ1v) is 6.38. The number of fused-ring (bicyclic) bond motifs is 3. The molecule has 0 saturated heterocycles. The van der Waals surface area contributed by atoms with E-state index in [2.05, 4.69) is 34.4 Å². The van der Waals surface area contributed by atoms with Crippen molar-refractivity contribution in [3.63, 3.8) is 0 Å². The van der Waals surface area contributed by atoms with Gasteiger partial charge in [-0.25, -0.2) is 0 Å². The fraction of sp³-hybridized carbons (Fsp3) is 0.385. The number of rotatable bonds is 2. The number of nitrogens with zero attached hydrogens (tertiary/aromatic N) is 2. The van der Waals surface area contributed by atoms with E-state index in [1.165, 1.54) is 11.1 Å². The van der Waals surface area contributed by atoms with Gasteiger partial charge in [-0.3, -0.25) is 0 Å². The molecule has 1 saturated carbocycles. The highest BCUT2D eigenvalue weighted by molar-refractivity contribution is 6.16. The van der Waals surface area contributed by atoms with Crippen LogP contribution in [0.2, 0.25) is 0 Å². The molecule has 86 valence electrons. The largest absolute Gasteiger partial charge is 0.338 e. The lowest BCUT2D eigenvalue weighted by atomic mass is 10.0. The third-order valence-corrected chi connectivity index (χ3v) is 4.16. The Kier molecular flexibility index (Phi) is 1.89. The molecule has 0 bridgehead atoms. The van der Waals surface area contributed by atoms with Crippen LogP contribution in [-0.4, -0.2) is 10.1 Å². The van der Waals surface area contributed by atoms with Crippen molar-refractivity contribution in [2.24, 2.45) is 5.92 Å². The summed E-state index contributed by atoms with van der Waals surface area (Å²) in [5, 5.41) is 4.03. The molecule has 3 nitrogen and oxygen atoms in total. The first-order chi connectivity index (χ1) is 8.38. The Balaban J connectivity index is 1.66. The normalized spacial score (nSPS) is 28.9. The highest BCUT2D eigenvalue weighted by Crippen LogP contribution is 2.65. The molecular weight excluding hydrogens is 236 g/mol. The molecule has 0 spiro atoms. The van der Waals surface area contributed by atoms with Crippen molar-refractivity contribution in [2.45, 2.75) is 24.1 Å². The van der Waals surface area contributed by atoms with Crippen molar-refractivity contribution >= 4 is 11.6 Å². The Bertz CT molecular complexity index is 580. The quantitative estimate of drug-likeness (QED) is 0.765. The number of alkyl halides is 1. The number of halogens is 1. The van der Waals surface area contributed by atoms with Gasteiger partial charge in [-0.05, 0) is 29.4 Å². The lowest BCUT2D eigenvalue weighted by Crippen LogP contribution is -1.95. The van der Waals surface area contributed by atoms with Crippen LogP contribution in [0.25, 0.3) is 0 Å². The highest BCUT2D eigenvalue weighted by atomic mass is 35.5. The van der Waals surface area contributed by atoms with Crippen LogP contribution in [0.3, 0.4) is 0 Å². The Morgan fingerprint density at radius 1 is 1.29 bits per heavy atom. The highest BCUT2D eigenvalue weighted by Gasteiger charge is 2.58. The van der Waals surface area contributed by atoms with Gasteiger partial charge in [-0.1, -0.05) is 29.4 Å². The van der Waals surface area contributed by atoms with Crippen LogP contribution in [0.5, 0.6) is 0 Å². The maximum atomic E-state index is 5.67. The van der Waals surface area contributed by atoms with Gasteiger partial charge in [0.15, 0.2) is 5.82 Å². The Hall–Kier alpha value is -1.35. The standard InChI is InChI=1S/C13H11ClN2O/c14-6-10-15-13(16-17-10)12-9-5-7-3-1-2-4-8(7)11(9)12/h1-4,9,11-12H,5-6H2. The zero-order chi connectivity index (χ0) is 11.4. The monoisotopic (exact) mass is 246 g/mol. The van der Waals surface area contributed by atoms with Gasteiger partial charge in [-0.2, -0.15) is 4.98 Å². The van der Waals surface area contributed by atoms with E-state index in [0.29, 0.717) is 29.5 Å². The van der Waals surface area contributed by atoms with Crippen LogP contribution in [0.4, 0.5) is 0 Å². The SMILES string of the molecule is ClCc1nc(C2C3Cc4ccccc4C32)no1. The summed E-state index contributed by atoms with van der Waals surface area (Å²) in [6.07, 6.45) is 1.15. The topological polar surface area (TPSA) is 38.9 Å². The predicted octanol–water partition coefficient (Wildman–Crippen LogP) is 2.86. The molecule has 1 fully saturated rings. The van der Waals surface area contributed by atoms with Gasteiger partial charge >= 0.3 is 0 Å². The number of benzene rings is 1. The van der Waals surface area contributed by atoms with Crippen LogP contribution < -0.4 is 0 Å². The lowest BCUT2D eigenvalue weighted by molar-refractivity contribution is 0.383. The van der Waals surface area contributed by atoms with E-state index >= 15 is 0 Å². The molecule has 0 amide bonds. The van der Waals surface area contributed by atoms with E-state index in [4.69, 9.17) is 16.1 Å². The summed E-state index contributed by atoms with van der Waals surface area (Å²) in [7, 11) is 0. The molecule has 3 unspecified atom stereocenters. The first-order valence-electron chi connectivity index (χ1n) is 5.84. The fourth-order valence-corrected chi connectivity index (χ4v) is 3.27. The van der Waals surface area contributed by atoms with Crippen LogP contribution >= 0.6 is 11.6 Å². The third-order valence-electron chi connectivity index (χ3n) is 3.93. The zero-order valence-electron chi connectivity index (χ0n) is 9.14. The van der Waals surface area contributed by atoms with Gasteiger partial charge in [0.05, 0.1) is 0 Å². The molecule has 0 N–H and O–H groups in total. The number of aromatic nitrogens is 2. The van der Waals surface area contributed by atoms with Gasteiger partial charge in [0.1, 0.15) is 5.88 Å². The molecule has 3 atom stereocenters. The number of hydrogen-bond donors (Lipinski definition) is 0. The smallest absolute Gasteiger partial charge is 0.241 e. The minimum absolute atomic E-state index is 0.297. The third kappa shape index (κ3) is 1.29. The molecule has 2 aliphatic carbocycles. The summed E-state index contributed by atoms with van der Waals surface area (Å²) in [5.41, 5.74) is 2.96. The Labute approximate surface area is 104 Å². The molecule has 4 rings (SSSR count). The second kappa shape index (κ2) is 3.33. The molecule has 4 heteroatoms. The van der Waals surface area contributed by atoms with Crippen molar-refractivity contribution in [2.75, 3.05) is 0 Å². The molecule has 17 heavy (non-hydrogen) atoms. The van der Waals surface area contributed by atoms with Gasteiger partial charge in [0.2, 0.25) is 5.89 Å². The van der Waals surface area contributed by atoms with Crippen molar-refractivity contribution in [3.05, 3.63) is 47.1 Å². The molecule has 0 radical (unpaired) electrons. The van der Waals surface area contributed by atoms with Crippen molar-refractivity contribution in [3.8, 4) is 0 Å². The van der Waals surface area contributed by atoms with E-state index in [9.17, 15) is 0 Å². The summed E-state index contributed by atoms with van der Waals surface area (Å²) >= 11 is 5.67. The molecule has 1 heterocycles. The van der Waals surface area contributed by atoms with Gasteiger partial charge in [0.25, 0.3) is 0 Å². The van der Waals surface area contributed by atoms with Crippen molar-refractivity contribution in [1.29, 1.82) is 0 Å². The molecule has 2 aromatic rings. The van der Waals surface area contributed by atoms with Gasteiger partial charge in [-0.15, -0.1) is 11.6 Å². The maximum absolute atomic E-state index is 5.67. The molecule has 1 aromatic carbocycles. The fourth-order valence-electron chi connectivity index (χ4n) is 3.16. The first kappa shape index (κ1) is 9.66. The second-order valence-electron chi connectivity index (χ2n) is 4.80. The maximum Gasteiger partial charge on any atom is 0.241 e. The lowest BCUT2D eigenvalue weighted by Gasteiger charge is -2.03. The van der Waals surface area contributed by atoms with E-state index in [1.807, 2.05) is 0 Å². The average molecular weight is 247 g/mol. The zero-order valence-corrected chi connectivity index (χ0v) is 9.89. The van der Waals surface area contributed by atoms with Crippen LogP contribution in [0, 0.1) is 5.92 Å². The summed E-state index contributed by atoms with van der Waals surface area (Å²) < 4.78 is 5.08. The average Bonchev–Trinajstić information content (AvgIpc) is 2.79. The van der Waals surface area contributed by atoms with Crippen LogP contribution in [-0.2, 0) is 12.3 Å². The van der Waals surface area contributed by atoms with E-state index in [-0.39, 0.29) is 0 Å². The Morgan fingerprint density at radius 3 is 3.00 bits per heavy atom. The summed E-state index contributed by atoms with van der Waals surface area (Å²) in [6, 6.07) is 8.66. The van der Waals surface area contributed by atoms with E-state index < -0.39 is 0 Å². The minimum Gasteiger partial charge on any atom is -0.338 e. The predicted molar refractivity (Wildman–Crippen MR) is 63.0 cm³/mol. The van der Waals surface area contributed by atoms with Crippen LogP contribution in [0.15, 0.2) is 28.8 Å². The van der Waals surface area contributed by atoms with Gasteiger partial charge in [0, 0.05) is 5.92 Å².